The largest absolute Gasteiger partial charge is 0.442 e. The molecule has 6 nitrogen and oxygen atoms in total. The van der Waals surface area contributed by atoms with Gasteiger partial charge in [0, 0.05) is 22.2 Å². The van der Waals surface area contributed by atoms with Crippen molar-refractivity contribution in [2.75, 3.05) is 5.32 Å². The number of aromatic nitrogens is 1. The Morgan fingerprint density at radius 3 is 2.47 bits per heavy atom. The first-order valence-electron chi connectivity index (χ1n) is 10.1. The zero-order valence-corrected chi connectivity index (χ0v) is 18.6. The summed E-state index contributed by atoms with van der Waals surface area (Å²) in [5.41, 5.74) is 2.40. The molecule has 0 saturated carbocycles. The van der Waals surface area contributed by atoms with Crippen molar-refractivity contribution in [3.05, 3.63) is 89.5 Å². The van der Waals surface area contributed by atoms with Gasteiger partial charge < -0.3 is 15.4 Å². The van der Waals surface area contributed by atoms with E-state index < -0.39 is 18.0 Å². The maximum atomic E-state index is 13.3. The second-order valence-corrected chi connectivity index (χ2v) is 7.66. The molecule has 32 heavy (non-hydrogen) atoms. The van der Waals surface area contributed by atoms with Gasteiger partial charge in [0.05, 0.1) is 17.9 Å². The number of carbonyl (C=O) groups excluding carboxylic acids is 2. The van der Waals surface area contributed by atoms with Crippen molar-refractivity contribution in [1.82, 2.24) is 10.3 Å². The molecule has 8 heteroatoms. The molecule has 2 aromatic carbocycles. The van der Waals surface area contributed by atoms with Crippen molar-refractivity contribution >= 4 is 30.3 Å². The van der Waals surface area contributed by atoms with Gasteiger partial charge in [-0.1, -0.05) is 31.2 Å². The molecule has 1 aromatic heterocycles. The minimum absolute atomic E-state index is 0.254. The molecular weight excluding hydrogens is 429 g/mol. The molecular formula is C24H24FN3O3S. The standard InChI is InChI=1S/C24H24FN3O3S/c1-3-20(28-24(30)31-15(2)18-12-19(25)14-26-13-18)16-8-10-17(11-9-16)23(29)27-21-6-4-5-7-22(21)32/h4-15,20,32H,3H2,1-2H3,(H,27,29)(H,28,30)/t15-,20-/m0/s1. The minimum Gasteiger partial charge on any atom is -0.442 e. The third-order valence-electron chi connectivity index (χ3n) is 4.91. The topological polar surface area (TPSA) is 80.3 Å². The van der Waals surface area contributed by atoms with E-state index in [1.165, 1.54) is 12.3 Å². The lowest BCUT2D eigenvalue weighted by Gasteiger charge is -2.20. The van der Waals surface area contributed by atoms with E-state index in [2.05, 4.69) is 28.2 Å². The van der Waals surface area contributed by atoms with E-state index in [1.54, 1.807) is 43.3 Å². The van der Waals surface area contributed by atoms with Gasteiger partial charge in [-0.15, -0.1) is 12.6 Å². The van der Waals surface area contributed by atoms with Crippen LogP contribution in [-0.4, -0.2) is 17.0 Å². The predicted molar refractivity (Wildman–Crippen MR) is 123 cm³/mol. The first kappa shape index (κ1) is 23.3. The highest BCUT2D eigenvalue weighted by atomic mass is 32.1. The van der Waals surface area contributed by atoms with Crippen LogP contribution in [0.2, 0.25) is 0 Å². The zero-order chi connectivity index (χ0) is 23.1. The smallest absolute Gasteiger partial charge is 0.408 e. The molecule has 3 rings (SSSR count). The second-order valence-electron chi connectivity index (χ2n) is 7.18. The second kappa shape index (κ2) is 10.8. The summed E-state index contributed by atoms with van der Waals surface area (Å²) in [6, 6.07) is 15.2. The molecule has 0 aliphatic heterocycles. The van der Waals surface area contributed by atoms with Crippen LogP contribution < -0.4 is 10.6 Å². The monoisotopic (exact) mass is 453 g/mol. The Bertz CT molecular complexity index is 1090. The highest BCUT2D eigenvalue weighted by Gasteiger charge is 2.18. The highest BCUT2D eigenvalue weighted by molar-refractivity contribution is 7.80. The third kappa shape index (κ3) is 6.07. The van der Waals surface area contributed by atoms with Gasteiger partial charge in [0.25, 0.3) is 5.91 Å². The van der Waals surface area contributed by atoms with Crippen LogP contribution in [0.1, 0.15) is 53.9 Å². The molecule has 0 unspecified atom stereocenters. The van der Waals surface area contributed by atoms with Crippen LogP contribution in [0.5, 0.6) is 0 Å². The average molecular weight is 454 g/mol. The number of benzene rings is 2. The van der Waals surface area contributed by atoms with Crippen molar-refractivity contribution in [1.29, 1.82) is 0 Å². The zero-order valence-electron chi connectivity index (χ0n) is 17.7. The fourth-order valence-corrected chi connectivity index (χ4v) is 3.33. The number of anilines is 1. The minimum atomic E-state index is -0.656. The van der Waals surface area contributed by atoms with Crippen molar-refractivity contribution in [2.24, 2.45) is 0 Å². The van der Waals surface area contributed by atoms with Crippen molar-refractivity contribution in [2.45, 2.75) is 37.3 Å². The van der Waals surface area contributed by atoms with Gasteiger partial charge in [0.15, 0.2) is 0 Å². The van der Waals surface area contributed by atoms with Gasteiger partial charge in [0.1, 0.15) is 11.9 Å². The molecule has 0 spiro atoms. The molecule has 1 heterocycles. The van der Waals surface area contributed by atoms with Crippen LogP contribution >= 0.6 is 12.6 Å². The van der Waals surface area contributed by atoms with Crippen LogP contribution in [0, 0.1) is 5.82 Å². The quantitative estimate of drug-likeness (QED) is 0.401. The van der Waals surface area contributed by atoms with E-state index in [0.29, 0.717) is 28.1 Å². The summed E-state index contributed by atoms with van der Waals surface area (Å²) < 4.78 is 18.7. The summed E-state index contributed by atoms with van der Waals surface area (Å²) in [7, 11) is 0. The van der Waals surface area contributed by atoms with Crippen LogP contribution in [-0.2, 0) is 4.74 Å². The number of ether oxygens (including phenoxy) is 1. The number of carbonyl (C=O) groups is 2. The number of hydrogen-bond donors (Lipinski definition) is 3. The maximum Gasteiger partial charge on any atom is 0.408 e. The lowest BCUT2D eigenvalue weighted by molar-refractivity contribution is 0.101. The van der Waals surface area contributed by atoms with Gasteiger partial charge in [0.2, 0.25) is 0 Å². The molecule has 0 radical (unpaired) electrons. The lowest BCUT2D eigenvalue weighted by atomic mass is 10.0. The Kier molecular flexibility index (Phi) is 7.83. The Morgan fingerprint density at radius 1 is 1.09 bits per heavy atom. The van der Waals surface area contributed by atoms with Gasteiger partial charge in [-0.25, -0.2) is 9.18 Å². The number of halogens is 1. The molecule has 2 N–H and O–H groups in total. The molecule has 3 aromatic rings. The number of hydrogen-bond acceptors (Lipinski definition) is 5. The molecule has 166 valence electrons. The lowest BCUT2D eigenvalue weighted by Crippen LogP contribution is -2.29. The molecule has 2 atom stereocenters. The number of thiol groups is 1. The third-order valence-corrected chi connectivity index (χ3v) is 5.30. The Labute approximate surface area is 191 Å². The van der Waals surface area contributed by atoms with Crippen molar-refractivity contribution in [3.8, 4) is 0 Å². The average Bonchev–Trinajstić information content (AvgIpc) is 2.79. The molecule has 0 fully saturated rings. The van der Waals surface area contributed by atoms with E-state index in [9.17, 15) is 14.0 Å². The summed E-state index contributed by atoms with van der Waals surface area (Å²) in [4.78, 5) is 29.3. The van der Waals surface area contributed by atoms with Gasteiger partial charge in [-0.05, 0) is 49.2 Å². The summed E-state index contributed by atoms with van der Waals surface area (Å²) in [6.07, 6.45) is 1.87. The number of nitrogens with zero attached hydrogens (tertiary/aromatic N) is 1. The predicted octanol–water partition coefficient (Wildman–Crippen LogP) is 5.70. The molecule has 0 saturated heterocycles. The Morgan fingerprint density at radius 2 is 1.81 bits per heavy atom. The number of para-hydroxylation sites is 1. The van der Waals surface area contributed by atoms with Crippen molar-refractivity contribution in [3.63, 3.8) is 0 Å². The Balaban J connectivity index is 1.61. The van der Waals surface area contributed by atoms with Crippen molar-refractivity contribution < 1.29 is 18.7 Å². The molecule has 0 aliphatic carbocycles. The number of alkyl carbamates (subject to hydrolysis) is 1. The fourth-order valence-electron chi connectivity index (χ4n) is 3.12. The van der Waals surface area contributed by atoms with Crippen LogP contribution in [0.25, 0.3) is 0 Å². The number of amides is 2. The van der Waals surface area contributed by atoms with Crippen LogP contribution in [0.4, 0.5) is 14.9 Å². The van der Waals surface area contributed by atoms with Crippen LogP contribution in [0.15, 0.2) is 71.9 Å². The number of pyridine rings is 1. The first-order chi connectivity index (χ1) is 15.4. The van der Waals surface area contributed by atoms with Crippen LogP contribution in [0.3, 0.4) is 0 Å². The van der Waals surface area contributed by atoms with Gasteiger partial charge in [-0.3, -0.25) is 9.78 Å². The van der Waals surface area contributed by atoms with E-state index in [1.807, 2.05) is 19.1 Å². The molecule has 2 amide bonds. The number of rotatable bonds is 7. The Hall–Kier alpha value is -3.39. The van der Waals surface area contributed by atoms with Gasteiger partial charge >= 0.3 is 6.09 Å². The molecule has 0 aliphatic rings. The van der Waals surface area contributed by atoms with E-state index in [0.717, 1.165) is 11.8 Å². The molecule has 0 bridgehead atoms. The van der Waals surface area contributed by atoms with E-state index in [4.69, 9.17) is 4.74 Å². The summed E-state index contributed by atoms with van der Waals surface area (Å²) >= 11 is 4.34. The summed E-state index contributed by atoms with van der Waals surface area (Å²) in [6.45, 7) is 3.57. The van der Waals surface area contributed by atoms with E-state index in [-0.39, 0.29) is 11.9 Å². The number of nitrogens with one attached hydrogen (secondary N) is 2. The summed E-state index contributed by atoms with van der Waals surface area (Å²) in [5, 5.41) is 5.63. The first-order valence-corrected chi connectivity index (χ1v) is 10.6. The normalized spacial score (nSPS) is 12.5. The van der Waals surface area contributed by atoms with E-state index >= 15 is 0 Å². The summed E-state index contributed by atoms with van der Waals surface area (Å²) in [5.74, 6) is -0.747. The maximum absolute atomic E-state index is 13.3. The van der Waals surface area contributed by atoms with Gasteiger partial charge in [-0.2, -0.15) is 0 Å². The fraction of sp³-hybridized carbons (Fsp3) is 0.208. The highest BCUT2D eigenvalue weighted by Crippen LogP contribution is 2.22. The SMILES string of the molecule is CC[C@H](NC(=O)O[C@@H](C)c1cncc(F)c1)c1ccc(C(=O)Nc2ccccc2S)cc1.